The molecule has 0 fully saturated rings. The van der Waals surface area contributed by atoms with Crippen molar-refractivity contribution in [3.63, 3.8) is 0 Å². The van der Waals surface area contributed by atoms with E-state index in [0.29, 0.717) is 13.0 Å². The first kappa shape index (κ1) is 14.3. The van der Waals surface area contributed by atoms with Crippen molar-refractivity contribution >= 4 is 33.5 Å². The van der Waals surface area contributed by atoms with E-state index in [1.165, 1.54) is 4.88 Å². The van der Waals surface area contributed by atoms with Gasteiger partial charge in [-0.25, -0.2) is 4.98 Å². The van der Waals surface area contributed by atoms with Crippen molar-refractivity contribution in [1.82, 2.24) is 14.7 Å². The molecular formula is C15H17N3OS2. The van der Waals surface area contributed by atoms with Gasteiger partial charge in [0.1, 0.15) is 0 Å². The van der Waals surface area contributed by atoms with Crippen LogP contribution in [0.4, 0.5) is 0 Å². The van der Waals surface area contributed by atoms with Crippen molar-refractivity contribution in [3.8, 4) is 0 Å². The Hall–Kier alpha value is -1.66. The van der Waals surface area contributed by atoms with Crippen LogP contribution in [0.5, 0.6) is 0 Å². The van der Waals surface area contributed by atoms with E-state index in [1.807, 2.05) is 19.2 Å². The Morgan fingerprint density at radius 2 is 2.29 bits per heavy atom. The Morgan fingerprint density at radius 1 is 1.38 bits per heavy atom. The number of imidazole rings is 1. The van der Waals surface area contributed by atoms with E-state index in [4.69, 9.17) is 0 Å². The van der Waals surface area contributed by atoms with E-state index in [2.05, 4.69) is 31.5 Å². The zero-order chi connectivity index (χ0) is 14.7. The lowest BCUT2D eigenvalue weighted by Crippen LogP contribution is -2.25. The first-order valence-corrected chi connectivity index (χ1v) is 8.69. The van der Waals surface area contributed by atoms with E-state index >= 15 is 0 Å². The molecule has 110 valence electrons. The maximum Gasteiger partial charge on any atom is 0.220 e. The van der Waals surface area contributed by atoms with Gasteiger partial charge in [-0.05, 0) is 31.2 Å². The molecule has 0 aliphatic rings. The summed E-state index contributed by atoms with van der Waals surface area (Å²) in [7, 11) is 0. The van der Waals surface area contributed by atoms with Crippen molar-refractivity contribution in [2.45, 2.75) is 26.2 Å². The second-order valence-corrected chi connectivity index (χ2v) is 6.81. The van der Waals surface area contributed by atoms with E-state index in [-0.39, 0.29) is 5.91 Å². The highest BCUT2D eigenvalue weighted by atomic mass is 32.1. The van der Waals surface area contributed by atoms with E-state index in [9.17, 15) is 4.79 Å². The summed E-state index contributed by atoms with van der Waals surface area (Å²) in [6.45, 7) is 2.70. The lowest BCUT2D eigenvalue weighted by atomic mass is 10.2. The molecule has 3 aromatic rings. The fraction of sp³-hybridized carbons (Fsp3) is 0.333. The summed E-state index contributed by atoms with van der Waals surface area (Å²) in [4.78, 5) is 18.6. The van der Waals surface area contributed by atoms with Crippen LogP contribution in [0.2, 0.25) is 0 Å². The van der Waals surface area contributed by atoms with Gasteiger partial charge in [0.2, 0.25) is 5.91 Å². The van der Waals surface area contributed by atoms with Crippen LogP contribution < -0.4 is 5.32 Å². The summed E-state index contributed by atoms with van der Waals surface area (Å²) in [5, 5.41) is 7.13. The van der Waals surface area contributed by atoms with Crippen LogP contribution in [0.25, 0.3) is 4.96 Å². The number of fused-ring (bicyclic) bond motifs is 1. The first-order chi connectivity index (χ1) is 10.2. The van der Waals surface area contributed by atoms with Crippen molar-refractivity contribution < 1.29 is 4.79 Å². The van der Waals surface area contributed by atoms with Gasteiger partial charge in [-0.1, -0.05) is 6.07 Å². The minimum Gasteiger partial charge on any atom is -0.356 e. The molecule has 0 saturated heterocycles. The number of aromatic nitrogens is 2. The van der Waals surface area contributed by atoms with Gasteiger partial charge in [-0.3, -0.25) is 9.20 Å². The summed E-state index contributed by atoms with van der Waals surface area (Å²) < 4.78 is 2.08. The number of nitrogens with one attached hydrogen (secondary N) is 1. The fourth-order valence-electron chi connectivity index (χ4n) is 2.23. The van der Waals surface area contributed by atoms with Gasteiger partial charge in [-0.2, -0.15) is 0 Å². The van der Waals surface area contributed by atoms with Crippen LogP contribution in [-0.2, 0) is 17.6 Å². The fourth-order valence-corrected chi connectivity index (χ4v) is 3.89. The number of carbonyl (C=O) groups excluding carboxylic acids is 1. The number of amides is 1. The zero-order valence-electron chi connectivity index (χ0n) is 11.8. The normalized spacial score (nSPS) is 11.1. The Morgan fingerprint density at radius 3 is 3.10 bits per heavy atom. The molecule has 0 aliphatic carbocycles. The highest BCUT2D eigenvalue weighted by Crippen LogP contribution is 2.17. The minimum atomic E-state index is 0.114. The molecule has 0 unspecified atom stereocenters. The molecule has 3 heterocycles. The monoisotopic (exact) mass is 319 g/mol. The number of nitrogens with zero attached hydrogens (tertiary/aromatic N) is 2. The third-order valence-electron chi connectivity index (χ3n) is 3.29. The Balaban J connectivity index is 1.47. The van der Waals surface area contributed by atoms with Crippen LogP contribution in [0.15, 0.2) is 29.1 Å². The third kappa shape index (κ3) is 3.51. The highest BCUT2D eigenvalue weighted by molar-refractivity contribution is 7.15. The van der Waals surface area contributed by atoms with Crippen LogP contribution in [-0.4, -0.2) is 21.8 Å². The van der Waals surface area contributed by atoms with Crippen molar-refractivity contribution in [2.75, 3.05) is 6.54 Å². The average molecular weight is 319 g/mol. The molecular weight excluding hydrogens is 302 g/mol. The minimum absolute atomic E-state index is 0.114. The molecule has 0 spiro atoms. The smallest absolute Gasteiger partial charge is 0.220 e. The van der Waals surface area contributed by atoms with Gasteiger partial charge in [0.15, 0.2) is 4.96 Å². The maximum atomic E-state index is 11.9. The molecule has 3 rings (SSSR count). The summed E-state index contributed by atoms with van der Waals surface area (Å²) in [5.74, 6) is 0.114. The van der Waals surface area contributed by atoms with Crippen molar-refractivity contribution in [3.05, 3.63) is 45.4 Å². The van der Waals surface area contributed by atoms with Gasteiger partial charge in [-0.15, -0.1) is 22.7 Å². The van der Waals surface area contributed by atoms with E-state index in [1.54, 1.807) is 22.7 Å². The molecule has 0 atom stereocenters. The number of carbonyl (C=O) groups is 1. The van der Waals surface area contributed by atoms with Gasteiger partial charge in [0.25, 0.3) is 0 Å². The molecule has 1 amide bonds. The number of rotatable bonds is 6. The molecule has 0 saturated carbocycles. The SMILES string of the molecule is Cc1cn2c(CCC(=O)NCCc3cccs3)csc2n1. The second kappa shape index (κ2) is 6.41. The van der Waals surface area contributed by atoms with Gasteiger partial charge in [0, 0.05) is 35.1 Å². The van der Waals surface area contributed by atoms with Crippen LogP contribution in [0.3, 0.4) is 0 Å². The summed E-state index contributed by atoms with van der Waals surface area (Å²) >= 11 is 3.35. The largest absolute Gasteiger partial charge is 0.356 e. The van der Waals surface area contributed by atoms with Crippen LogP contribution in [0, 0.1) is 6.92 Å². The van der Waals surface area contributed by atoms with E-state index < -0.39 is 0 Å². The Labute approximate surface area is 131 Å². The number of aryl methyl sites for hydroxylation is 2. The maximum absolute atomic E-state index is 11.9. The summed E-state index contributed by atoms with van der Waals surface area (Å²) in [5.41, 5.74) is 2.17. The number of thiazole rings is 1. The lowest BCUT2D eigenvalue weighted by Gasteiger charge is -2.04. The molecule has 4 nitrogen and oxygen atoms in total. The molecule has 3 aromatic heterocycles. The predicted molar refractivity (Wildman–Crippen MR) is 87.2 cm³/mol. The number of hydrogen-bond acceptors (Lipinski definition) is 4. The quantitative estimate of drug-likeness (QED) is 0.759. The van der Waals surface area contributed by atoms with Gasteiger partial charge in [0.05, 0.1) is 5.69 Å². The van der Waals surface area contributed by atoms with Crippen molar-refractivity contribution in [1.29, 1.82) is 0 Å². The molecule has 0 radical (unpaired) electrons. The Kier molecular flexibility index (Phi) is 4.36. The standard InChI is InChI=1S/C15H17N3OS2/c1-11-9-18-12(10-21-15(18)17-11)4-5-14(19)16-7-6-13-3-2-8-20-13/h2-3,8-10H,4-7H2,1H3,(H,16,19). The molecule has 1 N–H and O–H groups in total. The van der Waals surface area contributed by atoms with Gasteiger partial charge >= 0.3 is 0 Å². The van der Waals surface area contributed by atoms with E-state index in [0.717, 1.165) is 29.2 Å². The lowest BCUT2D eigenvalue weighted by molar-refractivity contribution is -0.121. The molecule has 0 aliphatic heterocycles. The molecule has 21 heavy (non-hydrogen) atoms. The third-order valence-corrected chi connectivity index (χ3v) is 5.11. The predicted octanol–water partition coefficient (Wildman–Crippen LogP) is 3.06. The highest BCUT2D eigenvalue weighted by Gasteiger charge is 2.08. The average Bonchev–Trinajstić information content (AvgIpc) is 3.14. The van der Waals surface area contributed by atoms with Crippen molar-refractivity contribution in [2.24, 2.45) is 0 Å². The topological polar surface area (TPSA) is 46.4 Å². The number of hydrogen-bond donors (Lipinski definition) is 1. The zero-order valence-corrected chi connectivity index (χ0v) is 13.5. The Bertz CT molecular complexity index is 727. The summed E-state index contributed by atoms with van der Waals surface area (Å²) in [6, 6.07) is 4.14. The first-order valence-electron chi connectivity index (χ1n) is 6.93. The van der Waals surface area contributed by atoms with Gasteiger partial charge < -0.3 is 5.32 Å². The second-order valence-electron chi connectivity index (χ2n) is 4.94. The van der Waals surface area contributed by atoms with Crippen LogP contribution in [0.1, 0.15) is 22.7 Å². The molecule has 6 heteroatoms. The molecule has 0 aromatic carbocycles. The molecule has 0 bridgehead atoms. The van der Waals surface area contributed by atoms with Crippen LogP contribution >= 0.6 is 22.7 Å². The summed E-state index contributed by atoms with van der Waals surface area (Å²) in [6.07, 6.45) is 4.21. The number of thiophene rings is 1.